The Morgan fingerprint density at radius 3 is 2.96 bits per heavy atom. The van der Waals surface area contributed by atoms with E-state index in [0.717, 1.165) is 18.4 Å². The number of rotatable bonds is 6. The lowest BCUT2D eigenvalue weighted by molar-refractivity contribution is -0.138. The van der Waals surface area contributed by atoms with E-state index in [-0.39, 0.29) is 30.3 Å². The van der Waals surface area contributed by atoms with Gasteiger partial charge in [-0.15, -0.1) is 0 Å². The van der Waals surface area contributed by atoms with E-state index in [1.54, 1.807) is 23.6 Å². The van der Waals surface area contributed by atoms with Crippen molar-refractivity contribution in [3.8, 4) is 0 Å². The first-order valence-corrected chi connectivity index (χ1v) is 7.80. The van der Waals surface area contributed by atoms with Crippen molar-refractivity contribution in [2.45, 2.75) is 32.2 Å². The van der Waals surface area contributed by atoms with Crippen LogP contribution in [-0.2, 0) is 16.1 Å². The molecule has 24 heavy (non-hydrogen) atoms. The summed E-state index contributed by atoms with van der Waals surface area (Å²) in [5.74, 6) is 5.28. The normalized spacial score (nSPS) is 14.9. The molecule has 128 valence electrons. The molecular formula is C16H20FN5O2. The lowest BCUT2D eigenvalue weighted by Gasteiger charge is -2.12. The van der Waals surface area contributed by atoms with Gasteiger partial charge in [-0.05, 0) is 37.3 Å². The fraction of sp³-hybridized carbons (Fsp3) is 0.375. The highest BCUT2D eigenvalue weighted by atomic mass is 19.1. The molecule has 2 heterocycles. The Bertz CT molecular complexity index is 797. The van der Waals surface area contributed by atoms with Gasteiger partial charge >= 0.3 is 5.97 Å². The van der Waals surface area contributed by atoms with E-state index in [1.165, 1.54) is 11.2 Å². The molecular weight excluding hydrogens is 313 g/mol. The van der Waals surface area contributed by atoms with Crippen LogP contribution in [0.25, 0.3) is 5.65 Å². The summed E-state index contributed by atoms with van der Waals surface area (Å²) in [4.78, 5) is 15.7. The first-order chi connectivity index (χ1) is 11.5. The van der Waals surface area contributed by atoms with Crippen LogP contribution in [0.4, 0.5) is 4.39 Å². The van der Waals surface area contributed by atoms with Crippen molar-refractivity contribution in [2.75, 3.05) is 6.61 Å². The topological polar surface area (TPSA) is 98.9 Å². The number of nitrogens with two attached hydrogens (primary N) is 2. The number of hydrazine groups is 1. The van der Waals surface area contributed by atoms with Crippen LogP contribution >= 0.6 is 0 Å². The van der Waals surface area contributed by atoms with Gasteiger partial charge in [0.1, 0.15) is 5.70 Å². The SMILES string of the molecule is CCOC(=O)/C(N)=C/N(N)Cc1cn2cc(C3CC3)cc(F)c2n1. The van der Waals surface area contributed by atoms with E-state index in [4.69, 9.17) is 16.3 Å². The number of hydrogen-bond acceptors (Lipinski definition) is 6. The predicted molar refractivity (Wildman–Crippen MR) is 85.8 cm³/mol. The highest BCUT2D eigenvalue weighted by Crippen LogP contribution is 2.40. The average molecular weight is 333 g/mol. The third-order valence-corrected chi connectivity index (χ3v) is 3.79. The minimum Gasteiger partial charge on any atom is -0.461 e. The molecule has 0 radical (unpaired) electrons. The molecule has 1 saturated carbocycles. The van der Waals surface area contributed by atoms with Crippen LogP contribution in [0.3, 0.4) is 0 Å². The summed E-state index contributed by atoms with van der Waals surface area (Å²) in [7, 11) is 0. The van der Waals surface area contributed by atoms with E-state index in [0.29, 0.717) is 11.6 Å². The number of imidazole rings is 1. The Kier molecular flexibility index (Phi) is 4.39. The molecule has 0 spiro atoms. The standard InChI is InChI=1S/C16H20FN5O2/c1-2-24-16(23)14(18)9-22(19)8-12-7-21-6-11(10-3-4-10)5-13(17)15(21)20-12/h5-7,9-10H,2-4,8,18-19H2,1H3/b14-9-. The minimum absolute atomic E-state index is 0.106. The second-order valence-corrected chi connectivity index (χ2v) is 5.84. The zero-order chi connectivity index (χ0) is 17.3. The highest BCUT2D eigenvalue weighted by molar-refractivity contribution is 5.87. The third-order valence-electron chi connectivity index (χ3n) is 3.79. The van der Waals surface area contributed by atoms with Gasteiger partial charge in [0.05, 0.1) is 18.8 Å². The van der Waals surface area contributed by atoms with Crippen LogP contribution in [-0.4, -0.2) is 27.0 Å². The maximum absolute atomic E-state index is 14.2. The second-order valence-electron chi connectivity index (χ2n) is 5.84. The molecule has 0 saturated heterocycles. The van der Waals surface area contributed by atoms with E-state index < -0.39 is 5.97 Å². The Balaban J connectivity index is 1.76. The summed E-state index contributed by atoms with van der Waals surface area (Å²) in [6.45, 7) is 2.10. The van der Waals surface area contributed by atoms with E-state index in [1.807, 2.05) is 6.20 Å². The van der Waals surface area contributed by atoms with Gasteiger partial charge in [-0.25, -0.2) is 20.0 Å². The molecule has 3 rings (SSSR count). The molecule has 0 aliphatic heterocycles. The van der Waals surface area contributed by atoms with Crippen molar-refractivity contribution < 1.29 is 13.9 Å². The first kappa shape index (κ1) is 16.3. The summed E-state index contributed by atoms with van der Waals surface area (Å²) in [5, 5.41) is 1.22. The summed E-state index contributed by atoms with van der Waals surface area (Å²) in [5.41, 5.74) is 7.30. The number of nitrogens with zero attached hydrogens (tertiary/aromatic N) is 3. The number of ether oxygens (including phenoxy) is 1. The second kappa shape index (κ2) is 6.48. The largest absolute Gasteiger partial charge is 0.461 e. The molecule has 2 aromatic heterocycles. The number of fused-ring (bicyclic) bond motifs is 1. The van der Waals surface area contributed by atoms with Gasteiger partial charge in [0.15, 0.2) is 11.5 Å². The molecule has 1 aliphatic carbocycles. The number of halogens is 1. The van der Waals surface area contributed by atoms with Crippen LogP contribution in [0.5, 0.6) is 0 Å². The van der Waals surface area contributed by atoms with Crippen molar-refractivity contribution in [3.63, 3.8) is 0 Å². The molecule has 1 fully saturated rings. The van der Waals surface area contributed by atoms with Crippen LogP contribution < -0.4 is 11.6 Å². The number of hydrogen-bond donors (Lipinski definition) is 2. The zero-order valence-electron chi connectivity index (χ0n) is 13.4. The van der Waals surface area contributed by atoms with Crippen LogP contribution in [0, 0.1) is 5.82 Å². The van der Waals surface area contributed by atoms with Crippen molar-refractivity contribution in [3.05, 3.63) is 47.4 Å². The highest BCUT2D eigenvalue weighted by Gasteiger charge is 2.25. The molecule has 0 unspecified atom stereocenters. The molecule has 4 N–H and O–H groups in total. The fourth-order valence-electron chi connectivity index (χ4n) is 2.52. The number of aromatic nitrogens is 2. The fourth-order valence-corrected chi connectivity index (χ4v) is 2.52. The summed E-state index contributed by atoms with van der Waals surface area (Å²) >= 11 is 0. The summed E-state index contributed by atoms with van der Waals surface area (Å²) in [6, 6.07) is 1.54. The van der Waals surface area contributed by atoms with Gasteiger partial charge < -0.3 is 19.9 Å². The number of pyridine rings is 1. The monoisotopic (exact) mass is 333 g/mol. The maximum Gasteiger partial charge on any atom is 0.355 e. The van der Waals surface area contributed by atoms with Gasteiger partial charge in [-0.3, -0.25) is 0 Å². The molecule has 0 bridgehead atoms. The Hall–Kier alpha value is -2.61. The van der Waals surface area contributed by atoms with Crippen molar-refractivity contribution in [2.24, 2.45) is 11.6 Å². The molecule has 0 aromatic carbocycles. The van der Waals surface area contributed by atoms with Crippen LogP contribution in [0.1, 0.15) is 36.9 Å². The lowest BCUT2D eigenvalue weighted by atomic mass is 10.2. The van der Waals surface area contributed by atoms with Crippen LogP contribution in [0.2, 0.25) is 0 Å². The molecule has 0 atom stereocenters. The van der Waals surface area contributed by atoms with Gasteiger partial charge in [-0.2, -0.15) is 0 Å². The van der Waals surface area contributed by atoms with Crippen molar-refractivity contribution in [1.82, 2.24) is 14.4 Å². The lowest BCUT2D eigenvalue weighted by Crippen LogP contribution is -2.28. The van der Waals surface area contributed by atoms with Gasteiger partial charge in [0.25, 0.3) is 0 Å². The van der Waals surface area contributed by atoms with E-state index >= 15 is 0 Å². The van der Waals surface area contributed by atoms with E-state index in [2.05, 4.69) is 4.98 Å². The zero-order valence-corrected chi connectivity index (χ0v) is 13.4. The van der Waals surface area contributed by atoms with Gasteiger partial charge in [0.2, 0.25) is 0 Å². The van der Waals surface area contributed by atoms with Crippen LogP contribution in [0.15, 0.2) is 30.4 Å². The maximum atomic E-state index is 14.2. The molecule has 8 heteroatoms. The number of carbonyl (C=O) groups excluding carboxylic acids is 1. The van der Waals surface area contributed by atoms with Crippen molar-refractivity contribution in [1.29, 1.82) is 0 Å². The Morgan fingerprint density at radius 2 is 2.29 bits per heavy atom. The average Bonchev–Trinajstić information content (AvgIpc) is 3.28. The summed E-state index contributed by atoms with van der Waals surface area (Å²) < 4.78 is 20.6. The third kappa shape index (κ3) is 3.48. The number of esters is 1. The predicted octanol–water partition coefficient (Wildman–Crippen LogP) is 1.39. The van der Waals surface area contributed by atoms with Crippen molar-refractivity contribution >= 4 is 11.6 Å². The first-order valence-electron chi connectivity index (χ1n) is 7.80. The molecule has 0 amide bonds. The van der Waals surface area contributed by atoms with Gasteiger partial charge in [0, 0.05) is 18.6 Å². The summed E-state index contributed by atoms with van der Waals surface area (Å²) in [6.07, 6.45) is 7.09. The van der Waals surface area contributed by atoms with E-state index in [9.17, 15) is 9.18 Å². The minimum atomic E-state index is -0.636. The molecule has 1 aliphatic rings. The smallest absolute Gasteiger partial charge is 0.355 e. The number of carbonyl (C=O) groups is 1. The van der Waals surface area contributed by atoms with Gasteiger partial charge in [-0.1, -0.05) is 0 Å². The Morgan fingerprint density at radius 1 is 1.54 bits per heavy atom. The Labute approximate surface area is 138 Å². The molecule has 7 nitrogen and oxygen atoms in total. The quantitative estimate of drug-likeness (QED) is 0.359. The molecule has 2 aromatic rings.